The molecule has 1 aliphatic rings. The molecule has 15 heavy (non-hydrogen) atoms. The molecule has 0 nitrogen and oxygen atoms in total. The third kappa shape index (κ3) is 1.48. The first-order valence-electron chi connectivity index (χ1n) is 5.28. The second-order valence-corrected chi connectivity index (χ2v) is 3.89. The number of allylic oxidation sites excluding steroid dienone is 3. The van der Waals surface area contributed by atoms with Gasteiger partial charge in [-0.25, -0.2) is 0 Å². The standard InChI is InChI=1S/C15H12/c1-2-6-12-10-14-8-4-5-9-15(14)11-13(12)7-3-1/h1-6,8-11H,7H2. The lowest BCUT2D eigenvalue weighted by Crippen LogP contribution is -1.86. The third-order valence-corrected chi connectivity index (χ3v) is 2.87. The molecular formula is C15H12. The van der Waals surface area contributed by atoms with Crippen molar-refractivity contribution < 1.29 is 0 Å². The Morgan fingerprint density at radius 1 is 0.867 bits per heavy atom. The lowest BCUT2D eigenvalue weighted by atomic mass is 9.99. The summed E-state index contributed by atoms with van der Waals surface area (Å²) in [6.07, 6.45) is 9.65. The molecule has 0 bridgehead atoms. The maximum absolute atomic E-state index is 2.30. The molecule has 0 saturated heterocycles. The summed E-state index contributed by atoms with van der Waals surface area (Å²) in [5.74, 6) is 0. The zero-order valence-corrected chi connectivity index (χ0v) is 8.48. The van der Waals surface area contributed by atoms with Crippen LogP contribution < -0.4 is 0 Å². The van der Waals surface area contributed by atoms with Crippen molar-refractivity contribution in [2.45, 2.75) is 6.42 Å². The van der Waals surface area contributed by atoms with Crippen LogP contribution in [0.25, 0.3) is 16.8 Å². The van der Waals surface area contributed by atoms with Crippen LogP contribution in [-0.4, -0.2) is 0 Å². The Morgan fingerprint density at radius 2 is 1.67 bits per heavy atom. The smallest absolute Gasteiger partial charge is 0.00882 e. The minimum atomic E-state index is 1.03. The highest BCUT2D eigenvalue weighted by Gasteiger charge is 2.02. The Labute approximate surface area is 89.6 Å². The quantitative estimate of drug-likeness (QED) is 0.592. The fourth-order valence-corrected chi connectivity index (χ4v) is 2.07. The van der Waals surface area contributed by atoms with Gasteiger partial charge in [0.1, 0.15) is 0 Å². The molecule has 0 aromatic heterocycles. The molecule has 0 unspecified atom stereocenters. The van der Waals surface area contributed by atoms with Crippen LogP contribution in [0.2, 0.25) is 0 Å². The largest absolute Gasteiger partial charge is 0.0801 e. The van der Waals surface area contributed by atoms with Gasteiger partial charge in [0.25, 0.3) is 0 Å². The minimum Gasteiger partial charge on any atom is -0.0801 e. The Bertz CT molecular complexity index is 559. The van der Waals surface area contributed by atoms with Gasteiger partial charge in [0.2, 0.25) is 0 Å². The third-order valence-electron chi connectivity index (χ3n) is 2.87. The van der Waals surface area contributed by atoms with Crippen LogP contribution in [0, 0.1) is 0 Å². The normalized spacial score (nSPS) is 13.9. The minimum absolute atomic E-state index is 1.03. The second-order valence-electron chi connectivity index (χ2n) is 3.89. The van der Waals surface area contributed by atoms with E-state index < -0.39 is 0 Å². The van der Waals surface area contributed by atoms with Crippen LogP contribution in [0.15, 0.2) is 54.6 Å². The maximum Gasteiger partial charge on any atom is -0.00882 e. The van der Waals surface area contributed by atoms with Gasteiger partial charge in [0.05, 0.1) is 0 Å². The molecule has 0 aliphatic heterocycles. The number of fused-ring (bicyclic) bond motifs is 2. The zero-order chi connectivity index (χ0) is 10.1. The fraction of sp³-hybridized carbons (Fsp3) is 0.0667. The molecule has 3 rings (SSSR count). The van der Waals surface area contributed by atoms with Crippen molar-refractivity contribution in [3.8, 4) is 0 Å². The van der Waals surface area contributed by atoms with E-state index in [-0.39, 0.29) is 0 Å². The zero-order valence-electron chi connectivity index (χ0n) is 8.48. The van der Waals surface area contributed by atoms with E-state index in [1.165, 1.54) is 21.9 Å². The van der Waals surface area contributed by atoms with Crippen molar-refractivity contribution >= 4 is 16.8 Å². The summed E-state index contributed by atoms with van der Waals surface area (Å²) in [7, 11) is 0. The molecule has 0 amide bonds. The average Bonchev–Trinajstić information content (AvgIpc) is 2.50. The summed E-state index contributed by atoms with van der Waals surface area (Å²) in [4.78, 5) is 0. The molecule has 0 fully saturated rings. The highest BCUT2D eigenvalue weighted by Crippen LogP contribution is 2.23. The van der Waals surface area contributed by atoms with Gasteiger partial charge in [-0.1, -0.05) is 54.6 Å². The monoisotopic (exact) mass is 192 g/mol. The average molecular weight is 192 g/mol. The topological polar surface area (TPSA) is 0 Å². The predicted octanol–water partition coefficient (Wildman–Crippen LogP) is 3.97. The molecule has 0 spiro atoms. The van der Waals surface area contributed by atoms with Gasteiger partial charge >= 0.3 is 0 Å². The van der Waals surface area contributed by atoms with E-state index in [0.717, 1.165) is 6.42 Å². The Kier molecular flexibility index (Phi) is 1.92. The lowest BCUT2D eigenvalue weighted by Gasteiger charge is -2.05. The first-order valence-corrected chi connectivity index (χ1v) is 5.28. The summed E-state index contributed by atoms with van der Waals surface area (Å²) in [6.45, 7) is 0. The van der Waals surface area contributed by atoms with E-state index in [2.05, 4.69) is 60.7 Å². The highest BCUT2D eigenvalue weighted by atomic mass is 14.1. The summed E-state index contributed by atoms with van der Waals surface area (Å²) < 4.78 is 0. The predicted molar refractivity (Wildman–Crippen MR) is 65.8 cm³/mol. The van der Waals surface area contributed by atoms with Gasteiger partial charge in [-0.05, 0) is 34.4 Å². The summed E-state index contributed by atoms with van der Waals surface area (Å²) in [5.41, 5.74) is 2.76. The summed E-state index contributed by atoms with van der Waals surface area (Å²) in [6, 6.07) is 13.1. The van der Waals surface area contributed by atoms with Crippen LogP contribution >= 0.6 is 0 Å². The molecule has 2 aromatic rings. The van der Waals surface area contributed by atoms with Gasteiger partial charge in [-0.3, -0.25) is 0 Å². The fourth-order valence-electron chi connectivity index (χ4n) is 2.07. The molecule has 0 saturated carbocycles. The number of hydrogen-bond donors (Lipinski definition) is 0. The molecule has 0 radical (unpaired) electrons. The summed E-state index contributed by atoms with van der Waals surface area (Å²) >= 11 is 0. The lowest BCUT2D eigenvalue weighted by molar-refractivity contribution is 1.28. The molecule has 1 aliphatic carbocycles. The molecule has 0 heterocycles. The molecule has 0 N–H and O–H groups in total. The van der Waals surface area contributed by atoms with E-state index in [9.17, 15) is 0 Å². The van der Waals surface area contributed by atoms with Crippen LogP contribution in [0.3, 0.4) is 0 Å². The van der Waals surface area contributed by atoms with E-state index in [1.807, 2.05) is 0 Å². The second kappa shape index (κ2) is 3.39. The number of rotatable bonds is 0. The van der Waals surface area contributed by atoms with Gasteiger partial charge in [-0.15, -0.1) is 0 Å². The highest BCUT2D eigenvalue weighted by molar-refractivity contribution is 5.86. The first-order chi connectivity index (χ1) is 7.43. The van der Waals surface area contributed by atoms with Crippen molar-refractivity contribution in [1.82, 2.24) is 0 Å². The van der Waals surface area contributed by atoms with Crippen molar-refractivity contribution in [2.75, 3.05) is 0 Å². The molecular weight excluding hydrogens is 180 g/mol. The molecule has 0 heteroatoms. The van der Waals surface area contributed by atoms with Gasteiger partial charge in [0, 0.05) is 0 Å². The van der Waals surface area contributed by atoms with Crippen LogP contribution in [-0.2, 0) is 6.42 Å². The van der Waals surface area contributed by atoms with Crippen LogP contribution in [0.4, 0.5) is 0 Å². The Hall–Kier alpha value is -1.82. The van der Waals surface area contributed by atoms with Crippen molar-refractivity contribution in [3.63, 3.8) is 0 Å². The SMILES string of the molecule is C1=CCc2cc3ccccc3cc2C=C1. The molecule has 0 atom stereocenters. The van der Waals surface area contributed by atoms with Crippen LogP contribution in [0.1, 0.15) is 11.1 Å². The van der Waals surface area contributed by atoms with Gasteiger partial charge < -0.3 is 0 Å². The van der Waals surface area contributed by atoms with Crippen molar-refractivity contribution in [1.29, 1.82) is 0 Å². The maximum atomic E-state index is 2.30. The van der Waals surface area contributed by atoms with E-state index in [0.29, 0.717) is 0 Å². The summed E-state index contributed by atoms with van der Waals surface area (Å²) in [5, 5.41) is 2.66. The van der Waals surface area contributed by atoms with Gasteiger partial charge in [-0.2, -0.15) is 0 Å². The first kappa shape index (κ1) is 8.49. The number of hydrogen-bond acceptors (Lipinski definition) is 0. The van der Waals surface area contributed by atoms with Crippen LogP contribution in [0.5, 0.6) is 0 Å². The van der Waals surface area contributed by atoms with E-state index in [1.54, 1.807) is 0 Å². The van der Waals surface area contributed by atoms with Crippen molar-refractivity contribution in [2.24, 2.45) is 0 Å². The van der Waals surface area contributed by atoms with Gasteiger partial charge in [0.15, 0.2) is 0 Å². The van der Waals surface area contributed by atoms with E-state index in [4.69, 9.17) is 0 Å². The Morgan fingerprint density at radius 3 is 2.53 bits per heavy atom. The van der Waals surface area contributed by atoms with Crippen molar-refractivity contribution in [3.05, 3.63) is 65.8 Å². The molecule has 72 valence electrons. The molecule has 2 aromatic carbocycles. The van der Waals surface area contributed by atoms with E-state index >= 15 is 0 Å². The number of benzene rings is 2. The Balaban J connectivity index is 2.31.